The second kappa shape index (κ2) is 12.8. The van der Waals surface area contributed by atoms with Crippen molar-refractivity contribution < 1.29 is 22.7 Å². The first-order chi connectivity index (χ1) is 20.3. The van der Waals surface area contributed by atoms with Crippen molar-refractivity contribution in [2.24, 2.45) is 10.2 Å². The first kappa shape index (κ1) is 30.8. The lowest BCUT2D eigenvalue weighted by Gasteiger charge is -2.23. The van der Waals surface area contributed by atoms with Crippen molar-refractivity contribution in [3.8, 4) is 0 Å². The Hall–Kier alpha value is -5.11. The number of nitrogen functional groups attached to an aromatic ring is 1. The van der Waals surface area contributed by atoms with Gasteiger partial charge in [0.2, 0.25) is 5.91 Å². The molecule has 0 bridgehead atoms. The molecule has 0 fully saturated rings. The van der Waals surface area contributed by atoms with E-state index in [1.165, 1.54) is 30.5 Å². The zero-order valence-corrected chi connectivity index (χ0v) is 24.9. The maximum Gasteiger partial charge on any atom is 0.408 e. The number of rotatable bonds is 9. The van der Waals surface area contributed by atoms with E-state index < -0.39 is 33.7 Å². The van der Waals surface area contributed by atoms with Crippen molar-refractivity contribution in [2.75, 3.05) is 11.1 Å². The summed E-state index contributed by atoms with van der Waals surface area (Å²) in [5.41, 5.74) is 7.28. The summed E-state index contributed by atoms with van der Waals surface area (Å²) in [5, 5.41) is 13.4. The Morgan fingerprint density at radius 2 is 1.72 bits per heavy atom. The van der Waals surface area contributed by atoms with Crippen molar-refractivity contribution in [3.63, 3.8) is 0 Å². The van der Waals surface area contributed by atoms with E-state index in [0.717, 1.165) is 15.9 Å². The van der Waals surface area contributed by atoms with Crippen LogP contribution in [-0.4, -0.2) is 46.0 Å². The summed E-state index contributed by atoms with van der Waals surface area (Å²) in [7, 11) is -3.92. The second-order valence-corrected chi connectivity index (χ2v) is 12.4. The second-order valence-electron chi connectivity index (χ2n) is 10.5. The van der Waals surface area contributed by atoms with Gasteiger partial charge >= 0.3 is 6.09 Å². The molecular formula is C29H32N8O5S. The Balaban J connectivity index is 1.52. The molecule has 4 rings (SSSR count). The van der Waals surface area contributed by atoms with Crippen LogP contribution in [0, 0.1) is 6.92 Å². The first-order valence-corrected chi connectivity index (χ1v) is 14.6. The Labute approximate surface area is 249 Å². The van der Waals surface area contributed by atoms with Gasteiger partial charge in [0.15, 0.2) is 5.82 Å². The van der Waals surface area contributed by atoms with Gasteiger partial charge < -0.3 is 21.1 Å². The van der Waals surface area contributed by atoms with E-state index in [0.29, 0.717) is 11.4 Å². The Bertz CT molecular complexity index is 1730. The lowest BCUT2D eigenvalue weighted by atomic mass is 10.1. The molecule has 2 heterocycles. The van der Waals surface area contributed by atoms with Crippen LogP contribution in [-0.2, 0) is 26.0 Å². The smallest absolute Gasteiger partial charge is 0.408 e. The van der Waals surface area contributed by atoms with Gasteiger partial charge in [-0.05, 0) is 64.1 Å². The highest BCUT2D eigenvalue weighted by Gasteiger charge is 2.27. The Kier molecular flexibility index (Phi) is 9.19. The molecule has 2 aromatic carbocycles. The summed E-state index contributed by atoms with van der Waals surface area (Å²) >= 11 is 0. The number of hydrogen-bond donors (Lipinski definition) is 3. The topological polar surface area (TPSA) is 183 Å². The molecule has 13 nitrogen and oxygen atoms in total. The fraction of sp³-hybridized carbons (Fsp3) is 0.241. The third kappa shape index (κ3) is 8.45. The molecule has 4 aromatic rings. The molecule has 4 N–H and O–H groups in total. The minimum absolute atomic E-state index is 0.0224. The highest BCUT2D eigenvalue weighted by Crippen LogP contribution is 2.25. The van der Waals surface area contributed by atoms with Crippen molar-refractivity contribution in [1.29, 1.82) is 0 Å². The number of carbonyl (C=O) groups is 2. The Morgan fingerprint density at radius 1 is 1.02 bits per heavy atom. The summed E-state index contributed by atoms with van der Waals surface area (Å²) < 4.78 is 32.4. The number of imidazole rings is 1. The van der Waals surface area contributed by atoms with Gasteiger partial charge in [-0.1, -0.05) is 35.9 Å². The number of anilines is 2. The number of alkyl carbamates (subject to hydrolysis) is 1. The van der Waals surface area contributed by atoms with Crippen molar-refractivity contribution in [1.82, 2.24) is 19.3 Å². The monoisotopic (exact) mass is 604 g/mol. The molecule has 0 spiro atoms. The highest BCUT2D eigenvalue weighted by atomic mass is 32.2. The van der Waals surface area contributed by atoms with Crippen LogP contribution in [0.5, 0.6) is 0 Å². The number of ether oxygens (including phenoxy) is 1. The van der Waals surface area contributed by atoms with Crippen LogP contribution >= 0.6 is 0 Å². The van der Waals surface area contributed by atoms with E-state index in [9.17, 15) is 18.0 Å². The van der Waals surface area contributed by atoms with E-state index >= 15 is 0 Å². The number of benzene rings is 2. The maximum atomic E-state index is 13.3. The fourth-order valence-electron chi connectivity index (χ4n) is 3.72. The SMILES string of the molecule is Cc1ccc(S(=O)(=O)n2cnc(C[C@H](NC(=O)OC(C)(C)C)C(=O)Nc3ccc(/N=N/c4ccccc4)c(N)n3)c2)cc1. The average molecular weight is 605 g/mol. The average Bonchev–Trinajstić information content (AvgIpc) is 3.42. The molecule has 0 saturated heterocycles. The van der Waals surface area contributed by atoms with Gasteiger partial charge in [0, 0.05) is 12.6 Å². The zero-order valence-electron chi connectivity index (χ0n) is 24.1. The number of azo groups is 1. The zero-order chi connectivity index (χ0) is 31.2. The molecule has 2 amide bonds. The summed E-state index contributed by atoms with van der Waals surface area (Å²) in [5.74, 6) is -0.536. The molecule has 0 aliphatic heterocycles. The summed E-state index contributed by atoms with van der Waals surface area (Å²) in [4.78, 5) is 34.3. The number of aromatic nitrogens is 3. The van der Waals surface area contributed by atoms with Crippen LogP contribution in [0.4, 0.5) is 27.8 Å². The molecule has 1 atom stereocenters. The quantitative estimate of drug-likeness (QED) is 0.225. The molecule has 0 aliphatic rings. The number of amides is 2. The molecule has 43 heavy (non-hydrogen) atoms. The predicted molar refractivity (Wildman–Crippen MR) is 161 cm³/mol. The molecule has 2 aromatic heterocycles. The summed E-state index contributed by atoms with van der Waals surface area (Å²) in [6, 6.07) is 17.3. The van der Waals surface area contributed by atoms with Crippen LogP contribution in [0.3, 0.4) is 0 Å². The van der Waals surface area contributed by atoms with Crippen LogP contribution in [0.1, 0.15) is 32.0 Å². The largest absolute Gasteiger partial charge is 0.444 e. The van der Waals surface area contributed by atoms with Gasteiger partial charge in [-0.15, -0.1) is 5.11 Å². The Morgan fingerprint density at radius 3 is 2.37 bits per heavy atom. The van der Waals surface area contributed by atoms with Crippen LogP contribution in [0.25, 0.3) is 0 Å². The molecule has 0 aliphatic carbocycles. The predicted octanol–water partition coefficient (Wildman–Crippen LogP) is 4.90. The van der Waals surface area contributed by atoms with E-state index in [2.05, 4.69) is 30.8 Å². The van der Waals surface area contributed by atoms with Gasteiger partial charge in [0.05, 0.1) is 16.3 Å². The third-order valence-corrected chi connectivity index (χ3v) is 7.44. The van der Waals surface area contributed by atoms with E-state index in [1.807, 2.05) is 25.1 Å². The molecule has 0 saturated carbocycles. The first-order valence-electron chi connectivity index (χ1n) is 13.2. The molecule has 0 radical (unpaired) electrons. The third-order valence-electron chi connectivity index (χ3n) is 5.81. The van der Waals surface area contributed by atoms with Crippen molar-refractivity contribution >= 4 is 45.0 Å². The normalized spacial score (nSPS) is 12.6. The highest BCUT2D eigenvalue weighted by molar-refractivity contribution is 7.90. The van der Waals surface area contributed by atoms with Gasteiger partial charge in [0.25, 0.3) is 10.0 Å². The minimum Gasteiger partial charge on any atom is -0.444 e. The molecule has 224 valence electrons. The van der Waals surface area contributed by atoms with E-state index in [-0.39, 0.29) is 28.6 Å². The van der Waals surface area contributed by atoms with E-state index in [1.54, 1.807) is 45.0 Å². The number of pyridine rings is 1. The van der Waals surface area contributed by atoms with Crippen LogP contribution in [0.2, 0.25) is 0 Å². The number of aryl methyl sites for hydroxylation is 1. The van der Waals surface area contributed by atoms with Crippen LogP contribution in [0.15, 0.2) is 94.4 Å². The van der Waals surface area contributed by atoms with Gasteiger partial charge in [-0.3, -0.25) is 4.79 Å². The lowest BCUT2D eigenvalue weighted by Crippen LogP contribution is -2.47. The van der Waals surface area contributed by atoms with Gasteiger partial charge in [-0.2, -0.15) is 5.11 Å². The number of nitrogens with one attached hydrogen (secondary N) is 2. The molecule has 14 heteroatoms. The maximum absolute atomic E-state index is 13.3. The van der Waals surface area contributed by atoms with Crippen molar-refractivity contribution in [2.45, 2.75) is 50.7 Å². The van der Waals surface area contributed by atoms with Crippen molar-refractivity contribution in [3.05, 3.63) is 90.5 Å². The summed E-state index contributed by atoms with van der Waals surface area (Å²) in [6.45, 7) is 6.90. The van der Waals surface area contributed by atoms with Crippen LogP contribution < -0.4 is 16.4 Å². The number of nitrogens with zero attached hydrogens (tertiary/aromatic N) is 5. The standard InChI is InChI=1S/C29H32N8O5S/c1-19-10-12-22(13-11-19)43(40,41)37-17-21(31-18-37)16-24(32-28(39)42-29(2,3)4)27(38)34-25-15-14-23(26(30)33-25)36-35-20-8-6-5-7-9-20/h5-15,17-18,24H,16H2,1-4H3,(H,32,39)(H3,30,33,34,38)/b36-35+/t24-/m0/s1. The fourth-order valence-corrected chi connectivity index (χ4v) is 4.88. The number of hydrogen-bond acceptors (Lipinski definition) is 10. The molecule has 0 unspecified atom stereocenters. The lowest BCUT2D eigenvalue weighted by molar-refractivity contribution is -0.118. The van der Waals surface area contributed by atoms with E-state index in [4.69, 9.17) is 10.5 Å². The summed E-state index contributed by atoms with van der Waals surface area (Å²) in [6.07, 6.45) is 1.43. The van der Waals surface area contributed by atoms with Gasteiger partial charge in [-0.25, -0.2) is 27.2 Å². The number of carbonyl (C=O) groups excluding carboxylic acids is 2. The minimum atomic E-state index is -3.92. The molecular weight excluding hydrogens is 572 g/mol. The van der Waals surface area contributed by atoms with Gasteiger partial charge in [0.1, 0.15) is 29.5 Å². The number of nitrogens with two attached hydrogens (primary N) is 1.